The molecule has 0 fully saturated rings. The Morgan fingerprint density at radius 2 is 2.33 bits per heavy atom. The number of ketones is 1. The van der Waals surface area contributed by atoms with E-state index in [0.29, 0.717) is 18.7 Å². The average Bonchev–Trinajstić information content (AvgIpc) is 2.35. The first-order valence-corrected chi connectivity index (χ1v) is 3.76. The van der Waals surface area contributed by atoms with Gasteiger partial charge >= 0.3 is 6.01 Å². The Kier molecular flexibility index (Phi) is 2.79. The summed E-state index contributed by atoms with van der Waals surface area (Å²) in [4.78, 5) is 10.5. The highest BCUT2D eigenvalue weighted by Gasteiger charge is 2.02. The summed E-state index contributed by atoms with van der Waals surface area (Å²) in [6.07, 6.45) is 1.89. The van der Waals surface area contributed by atoms with Crippen LogP contribution in [0.5, 0.6) is 0 Å². The molecule has 0 spiro atoms. The zero-order valence-corrected chi connectivity index (χ0v) is 6.91. The number of carbonyl (C=O) groups excluding carboxylic acids is 1. The van der Waals surface area contributed by atoms with Gasteiger partial charge in [-0.3, -0.25) is 0 Å². The predicted octanol–water partition coefficient (Wildman–Crippen LogP) is 0.564. The lowest BCUT2D eigenvalue weighted by atomic mass is 10.2. The van der Waals surface area contributed by atoms with Crippen LogP contribution >= 0.6 is 0 Å². The molecule has 5 nitrogen and oxygen atoms in total. The highest BCUT2D eigenvalue weighted by molar-refractivity contribution is 5.75. The van der Waals surface area contributed by atoms with E-state index < -0.39 is 0 Å². The molecule has 1 heterocycles. The largest absolute Gasteiger partial charge is 0.408 e. The third-order valence-corrected chi connectivity index (χ3v) is 1.40. The molecule has 0 aliphatic heterocycles. The van der Waals surface area contributed by atoms with Gasteiger partial charge in [-0.25, -0.2) is 0 Å². The van der Waals surface area contributed by atoms with E-state index in [9.17, 15) is 4.79 Å². The highest BCUT2D eigenvalue weighted by atomic mass is 16.4. The molecule has 1 aromatic heterocycles. The minimum absolute atomic E-state index is 0.0767. The summed E-state index contributed by atoms with van der Waals surface area (Å²) in [5, 5.41) is 7.15. The van der Waals surface area contributed by atoms with Crippen molar-refractivity contribution in [3.8, 4) is 0 Å². The smallest absolute Gasteiger partial charge is 0.312 e. The molecule has 12 heavy (non-hydrogen) atoms. The standard InChI is InChI=1S/C7H11N3O2/c1-5(11)3-2-4-6-9-10-7(8)12-6/h2-4H2,1H3,(H2,8,10). The van der Waals surface area contributed by atoms with Gasteiger partial charge < -0.3 is 14.9 Å². The Morgan fingerprint density at radius 1 is 1.58 bits per heavy atom. The summed E-state index contributed by atoms with van der Waals surface area (Å²) in [5.41, 5.74) is 5.20. The molecule has 2 N–H and O–H groups in total. The van der Waals surface area contributed by atoms with E-state index >= 15 is 0 Å². The third-order valence-electron chi connectivity index (χ3n) is 1.40. The van der Waals surface area contributed by atoms with Crippen molar-refractivity contribution in [3.63, 3.8) is 0 Å². The van der Waals surface area contributed by atoms with Crippen LogP contribution in [0, 0.1) is 0 Å². The molecule has 1 aromatic rings. The number of hydrogen-bond donors (Lipinski definition) is 1. The second-order valence-corrected chi connectivity index (χ2v) is 2.59. The fraction of sp³-hybridized carbons (Fsp3) is 0.571. The Morgan fingerprint density at radius 3 is 2.83 bits per heavy atom. The summed E-state index contributed by atoms with van der Waals surface area (Å²) in [6, 6.07) is 0.0767. The van der Waals surface area contributed by atoms with Crippen molar-refractivity contribution in [1.82, 2.24) is 10.2 Å². The lowest BCUT2D eigenvalue weighted by Crippen LogP contribution is -1.92. The first-order valence-electron chi connectivity index (χ1n) is 3.76. The average molecular weight is 169 g/mol. The van der Waals surface area contributed by atoms with Crippen molar-refractivity contribution < 1.29 is 9.21 Å². The van der Waals surface area contributed by atoms with E-state index in [1.54, 1.807) is 6.92 Å². The Bertz CT molecular complexity index is 269. The molecular formula is C7H11N3O2. The number of aromatic nitrogens is 2. The molecule has 0 bridgehead atoms. The maximum Gasteiger partial charge on any atom is 0.312 e. The van der Waals surface area contributed by atoms with Crippen LogP contribution in [0.3, 0.4) is 0 Å². The van der Waals surface area contributed by atoms with Gasteiger partial charge in [-0.1, -0.05) is 5.10 Å². The quantitative estimate of drug-likeness (QED) is 0.712. The number of Topliss-reactive ketones (excluding diaryl/α,β-unsaturated/α-hetero) is 1. The number of hydrogen-bond acceptors (Lipinski definition) is 5. The number of rotatable bonds is 4. The van der Waals surface area contributed by atoms with E-state index in [-0.39, 0.29) is 11.8 Å². The number of aryl methyl sites for hydroxylation is 1. The Hall–Kier alpha value is -1.39. The zero-order chi connectivity index (χ0) is 8.97. The van der Waals surface area contributed by atoms with E-state index in [4.69, 9.17) is 10.2 Å². The molecule has 0 aliphatic rings. The molecule has 5 heteroatoms. The molecule has 0 atom stereocenters. The lowest BCUT2D eigenvalue weighted by molar-refractivity contribution is -0.117. The second-order valence-electron chi connectivity index (χ2n) is 2.59. The lowest BCUT2D eigenvalue weighted by Gasteiger charge is -1.91. The normalized spacial score (nSPS) is 10.1. The molecule has 66 valence electrons. The van der Waals surface area contributed by atoms with Crippen LogP contribution in [0.15, 0.2) is 4.42 Å². The molecule has 0 aromatic carbocycles. The monoisotopic (exact) mass is 169 g/mol. The zero-order valence-electron chi connectivity index (χ0n) is 6.91. The fourth-order valence-corrected chi connectivity index (χ4v) is 0.856. The first-order chi connectivity index (χ1) is 5.68. The van der Waals surface area contributed by atoms with Crippen LogP contribution < -0.4 is 5.73 Å². The molecule has 0 unspecified atom stereocenters. The molecule has 0 amide bonds. The van der Waals surface area contributed by atoms with Crippen molar-refractivity contribution in [1.29, 1.82) is 0 Å². The maximum atomic E-state index is 10.5. The second kappa shape index (κ2) is 3.85. The summed E-state index contributed by atoms with van der Waals surface area (Å²) < 4.78 is 4.91. The van der Waals surface area contributed by atoms with Crippen LogP contribution in [-0.4, -0.2) is 16.0 Å². The predicted molar refractivity (Wildman–Crippen MR) is 42.3 cm³/mol. The van der Waals surface area contributed by atoms with Gasteiger partial charge in [0.15, 0.2) is 0 Å². The minimum Gasteiger partial charge on any atom is -0.408 e. The van der Waals surface area contributed by atoms with Gasteiger partial charge in [-0.15, -0.1) is 5.10 Å². The maximum absolute atomic E-state index is 10.5. The van der Waals surface area contributed by atoms with Crippen LogP contribution in [0.1, 0.15) is 25.7 Å². The Balaban J connectivity index is 2.29. The Labute approximate surface area is 70.0 Å². The van der Waals surface area contributed by atoms with Crippen molar-refractivity contribution in [2.24, 2.45) is 0 Å². The molecule has 1 rings (SSSR count). The number of nitrogens with zero attached hydrogens (tertiary/aromatic N) is 2. The van der Waals surface area contributed by atoms with Crippen molar-refractivity contribution in [3.05, 3.63) is 5.89 Å². The van der Waals surface area contributed by atoms with Crippen molar-refractivity contribution >= 4 is 11.8 Å². The van der Waals surface area contributed by atoms with E-state index in [0.717, 1.165) is 6.42 Å². The van der Waals surface area contributed by atoms with Crippen LogP contribution in [0.25, 0.3) is 0 Å². The van der Waals surface area contributed by atoms with Gasteiger partial charge in [0.2, 0.25) is 5.89 Å². The number of nitrogen functional groups attached to an aromatic ring is 1. The van der Waals surface area contributed by atoms with Crippen LogP contribution in [0.2, 0.25) is 0 Å². The van der Waals surface area contributed by atoms with Gasteiger partial charge in [-0.05, 0) is 13.3 Å². The molecule has 0 saturated heterocycles. The topological polar surface area (TPSA) is 82.0 Å². The molecular weight excluding hydrogens is 158 g/mol. The van der Waals surface area contributed by atoms with Crippen molar-refractivity contribution in [2.45, 2.75) is 26.2 Å². The van der Waals surface area contributed by atoms with Crippen LogP contribution in [0.4, 0.5) is 6.01 Å². The van der Waals surface area contributed by atoms with Gasteiger partial charge in [0.05, 0.1) is 0 Å². The van der Waals surface area contributed by atoms with Gasteiger partial charge in [-0.2, -0.15) is 0 Å². The minimum atomic E-state index is 0.0767. The number of carbonyl (C=O) groups is 1. The van der Waals surface area contributed by atoms with Gasteiger partial charge in [0.1, 0.15) is 5.78 Å². The number of anilines is 1. The molecule has 0 radical (unpaired) electrons. The molecule has 0 saturated carbocycles. The van der Waals surface area contributed by atoms with Gasteiger partial charge in [0, 0.05) is 12.8 Å². The summed E-state index contributed by atoms with van der Waals surface area (Å²) in [5.74, 6) is 0.663. The summed E-state index contributed by atoms with van der Waals surface area (Å²) in [7, 11) is 0. The van der Waals surface area contributed by atoms with E-state index in [1.165, 1.54) is 0 Å². The summed E-state index contributed by atoms with van der Waals surface area (Å²) >= 11 is 0. The third kappa shape index (κ3) is 2.69. The van der Waals surface area contributed by atoms with E-state index in [1.807, 2.05) is 0 Å². The first kappa shape index (κ1) is 8.70. The fourth-order valence-electron chi connectivity index (χ4n) is 0.856. The summed E-state index contributed by atoms with van der Waals surface area (Å²) in [6.45, 7) is 1.56. The molecule has 0 aliphatic carbocycles. The number of nitrogens with two attached hydrogens (primary N) is 1. The van der Waals surface area contributed by atoms with Crippen LogP contribution in [-0.2, 0) is 11.2 Å². The SMILES string of the molecule is CC(=O)CCCc1nnc(N)o1. The van der Waals surface area contributed by atoms with Crippen molar-refractivity contribution in [2.75, 3.05) is 5.73 Å². The van der Waals surface area contributed by atoms with E-state index in [2.05, 4.69) is 10.2 Å². The highest BCUT2D eigenvalue weighted by Crippen LogP contribution is 2.04. The van der Waals surface area contributed by atoms with Gasteiger partial charge in [0.25, 0.3) is 0 Å².